The van der Waals surface area contributed by atoms with Gasteiger partial charge in [0.1, 0.15) is 11.7 Å². The Bertz CT molecular complexity index is 793. The van der Waals surface area contributed by atoms with Crippen molar-refractivity contribution in [2.24, 2.45) is 5.92 Å². The van der Waals surface area contributed by atoms with E-state index in [1.54, 1.807) is 25.1 Å². The van der Waals surface area contributed by atoms with Gasteiger partial charge in [0.2, 0.25) is 0 Å². The molecule has 0 saturated heterocycles. The maximum atomic E-state index is 12.8. The lowest BCUT2D eigenvalue weighted by atomic mass is 9.73. The topological polar surface area (TPSA) is 80.7 Å². The van der Waals surface area contributed by atoms with Crippen LogP contribution in [0.25, 0.3) is 0 Å². The Labute approximate surface area is 148 Å². The second-order valence-corrected chi connectivity index (χ2v) is 8.04. The van der Waals surface area contributed by atoms with E-state index in [0.717, 1.165) is 5.56 Å². The average Bonchev–Trinajstić information content (AvgIpc) is 2.98. The SMILES string of the molecule is CC1=CC(=O)C[C@@H]([C@@H]2C=CC(=O)O2)[C@]1(O)CS(=O)c1ccc(C)cc1. The van der Waals surface area contributed by atoms with Crippen molar-refractivity contribution in [3.05, 3.63) is 53.6 Å². The Morgan fingerprint density at radius 3 is 2.52 bits per heavy atom. The molecule has 4 atom stereocenters. The normalized spacial score (nSPS) is 30.1. The van der Waals surface area contributed by atoms with Crippen LogP contribution >= 0.6 is 0 Å². The summed E-state index contributed by atoms with van der Waals surface area (Å²) in [6.45, 7) is 3.59. The Morgan fingerprint density at radius 1 is 1.24 bits per heavy atom. The number of allylic oxidation sites excluding steroid dienone is 1. The van der Waals surface area contributed by atoms with Crippen LogP contribution in [-0.4, -0.2) is 38.5 Å². The van der Waals surface area contributed by atoms with Gasteiger partial charge < -0.3 is 9.84 Å². The Balaban J connectivity index is 1.90. The smallest absolute Gasteiger partial charge is 0.331 e. The van der Waals surface area contributed by atoms with Gasteiger partial charge in [-0.05, 0) is 43.7 Å². The van der Waals surface area contributed by atoms with Crippen molar-refractivity contribution in [1.29, 1.82) is 0 Å². The van der Waals surface area contributed by atoms with E-state index < -0.39 is 34.4 Å². The average molecular weight is 360 g/mol. The van der Waals surface area contributed by atoms with Crippen LogP contribution in [0.2, 0.25) is 0 Å². The van der Waals surface area contributed by atoms with Crippen molar-refractivity contribution in [2.75, 3.05) is 5.75 Å². The molecular weight excluding hydrogens is 340 g/mol. The van der Waals surface area contributed by atoms with Crippen molar-refractivity contribution in [2.45, 2.75) is 36.9 Å². The summed E-state index contributed by atoms with van der Waals surface area (Å²) in [4.78, 5) is 24.0. The molecule has 1 unspecified atom stereocenters. The molecule has 1 aliphatic carbocycles. The summed E-state index contributed by atoms with van der Waals surface area (Å²) in [6.07, 6.45) is 3.59. The molecule has 2 aliphatic rings. The molecule has 0 aromatic heterocycles. The van der Waals surface area contributed by atoms with Gasteiger partial charge in [-0.15, -0.1) is 0 Å². The van der Waals surface area contributed by atoms with Crippen LogP contribution in [0.1, 0.15) is 18.9 Å². The standard InChI is InChI=1S/C19H20O5S/c1-12-3-5-15(6-4-12)25(23)11-19(22)13(2)9-14(20)10-16(19)17-7-8-18(21)24-17/h3-9,16-17,22H,10-11H2,1-2H3/t16-,17-,19-,25?/m0/s1. The monoisotopic (exact) mass is 360 g/mol. The number of ether oxygens (including phenoxy) is 1. The van der Waals surface area contributed by atoms with E-state index in [4.69, 9.17) is 4.74 Å². The Hall–Kier alpha value is -2.05. The highest BCUT2D eigenvalue weighted by Gasteiger charge is 2.49. The minimum absolute atomic E-state index is 0.0429. The third-order valence-electron chi connectivity index (χ3n) is 4.80. The molecule has 0 saturated carbocycles. The van der Waals surface area contributed by atoms with Gasteiger partial charge in [-0.3, -0.25) is 9.00 Å². The Kier molecular flexibility index (Phi) is 4.75. The van der Waals surface area contributed by atoms with Gasteiger partial charge >= 0.3 is 5.97 Å². The van der Waals surface area contributed by atoms with Crippen molar-refractivity contribution < 1.29 is 23.6 Å². The van der Waals surface area contributed by atoms with Gasteiger partial charge in [-0.1, -0.05) is 17.7 Å². The molecule has 1 aromatic rings. The van der Waals surface area contributed by atoms with Crippen LogP contribution in [0.4, 0.5) is 0 Å². The summed E-state index contributed by atoms with van der Waals surface area (Å²) in [5.74, 6) is -1.34. The summed E-state index contributed by atoms with van der Waals surface area (Å²) in [5, 5.41) is 11.3. The molecule has 6 heteroatoms. The first kappa shape index (κ1) is 17.8. The first-order valence-corrected chi connectivity index (χ1v) is 9.39. The molecule has 5 nitrogen and oxygen atoms in total. The maximum absolute atomic E-state index is 12.8. The maximum Gasteiger partial charge on any atom is 0.331 e. The predicted molar refractivity (Wildman–Crippen MR) is 93.3 cm³/mol. The number of aliphatic hydroxyl groups is 1. The van der Waals surface area contributed by atoms with Crippen molar-refractivity contribution >= 4 is 22.6 Å². The fourth-order valence-electron chi connectivity index (χ4n) is 3.29. The highest BCUT2D eigenvalue weighted by molar-refractivity contribution is 7.85. The fraction of sp³-hybridized carbons (Fsp3) is 0.368. The van der Waals surface area contributed by atoms with E-state index in [-0.39, 0.29) is 18.0 Å². The molecule has 1 N–H and O–H groups in total. The minimum Gasteiger partial charge on any atom is -0.455 e. The zero-order valence-electron chi connectivity index (χ0n) is 14.1. The third-order valence-corrected chi connectivity index (χ3v) is 6.30. The Morgan fingerprint density at radius 2 is 1.92 bits per heavy atom. The summed E-state index contributed by atoms with van der Waals surface area (Å²) in [6, 6.07) is 7.27. The molecule has 0 spiro atoms. The van der Waals surface area contributed by atoms with Gasteiger partial charge in [0.25, 0.3) is 0 Å². The van der Waals surface area contributed by atoms with Crippen LogP contribution < -0.4 is 0 Å². The second-order valence-electron chi connectivity index (χ2n) is 6.59. The number of ketones is 1. The quantitative estimate of drug-likeness (QED) is 0.829. The minimum atomic E-state index is -1.48. The van der Waals surface area contributed by atoms with E-state index >= 15 is 0 Å². The number of hydrogen-bond donors (Lipinski definition) is 1. The van der Waals surface area contributed by atoms with E-state index in [9.17, 15) is 18.9 Å². The van der Waals surface area contributed by atoms with E-state index in [0.29, 0.717) is 10.5 Å². The summed E-state index contributed by atoms with van der Waals surface area (Å²) in [5.41, 5.74) is 0.0220. The molecule has 3 rings (SSSR count). The highest BCUT2D eigenvalue weighted by atomic mass is 32.2. The highest BCUT2D eigenvalue weighted by Crippen LogP contribution is 2.39. The molecule has 1 heterocycles. The van der Waals surface area contributed by atoms with Crippen molar-refractivity contribution in [3.63, 3.8) is 0 Å². The van der Waals surface area contributed by atoms with E-state index in [1.807, 2.05) is 19.1 Å². The van der Waals surface area contributed by atoms with Crippen LogP contribution in [0.5, 0.6) is 0 Å². The largest absolute Gasteiger partial charge is 0.455 e. The zero-order valence-corrected chi connectivity index (χ0v) is 14.9. The van der Waals surface area contributed by atoms with E-state index in [1.165, 1.54) is 12.2 Å². The lowest BCUT2D eigenvalue weighted by Crippen LogP contribution is -2.52. The van der Waals surface area contributed by atoms with Crippen LogP contribution in [0.3, 0.4) is 0 Å². The number of benzene rings is 1. The summed E-state index contributed by atoms with van der Waals surface area (Å²) in [7, 11) is -1.46. The van der Waals surface area contributed by atoms with E-state index in [2.05, 4.69) is 0 Å². The van der Waals surface area contributed by atoms with Crippen molar-refractivity contribution in [3.8, 4) is 0 Å². The number of carbonyl (C=O) groups is 2. The number of aryl methyl sites for hydroxylation is 1. The molecule has 0 bridgehead atoms. The molecule has 132 valence electrons. The lowest BCUT2D eigenvalue weighted by molar-refractivity contribution is -0.145. The van der Waals surface area contributed by atoms with Gasteiger partial charge in [-0.2, -0.15) is 0 Å². The zero-order chi connectivity index (χ0) is 18.2. The number of hydrogen-bond acceptors (Lipinski definition) is 5. The number of cyclic esters (lactones) is 1. The molecule has 0 radical (unpaired) electrons. The number of carbonyl (C=O) groups excluding carboxylic acids is 2. The molecule has 1 aliphatic heterocycles. The predicted octanol–water partition coefficient (Wildman–Crippen LogP) is 1.85. The van der Waals surface area contributed by atoms with Gasteiger partial charge in [0.05, 0.1) is 16.6 Å². The van der Waals surface area contributed by atoms with Gasteiger partial charge in [0, 0.05) is 23.3 Å². The molecule has 25 heavy (non-hydrogen) atoms. The fourth-order valence-corrected chi connectivity index (χ4v) is 4.74. The van der Waals surface area contributed by atoms with Gasteiger partial charge in [0.15, 0.2) is 5.78 Å². The van der Waals surface area contributed by atoms with Crippen LogP contribution in [0.15, 0.2) is 53.0 Å². The van der Waals surface area contributed by atoms with Crippen molar-refractivity contribution in [1.82, 2.24) is 0 Å². The molecule has 0 amide bonds. The molecule has 0 fully saturated rings. The first-order chi connectivity index (χ1) is 11.8. The summed E-state index contributed by atoms with van der Waals surface area (Å²) >= 11 is 0. The first-order valence-electron chi connectivity index (χ1n) is 8.07. The molecular formula is C19H20O5S. The second kappa shape index (κ2) is 6.69. The number of esters is 1. The number of rotatable bonds is 4. The summed E-state index contributed by atoms with van der Waals surface area (Å²) < 4.78 is 18.0. The third kappa shape index (κ3) is 3.50. The van der Waals surface area contributed by atoms with Crippen LogP contribution in [-0.2, 0) is 25.1 Å². The molecule has 1 aromatic carbocycles. The van der Waals surface area contributed by atoms with Crippen LogP contribution in [0, 0.1) is 12.8 Å². The van der Waals surface area contributed by atoms with Gasteiger partial charge in [-0.25, -0.2) is 4.79 Å². The lowest BCUT2D eigenvalue weighted by Gasteiger charge is -2.41.